The minimum absolute atomic E-state index is 0.148. The summed E-state index contributed by atoms with van der Waals surface area (Å²) in [6.45, 7) is 0.639. The fourth-order valence-electron chi connectivity index (χ4n) is 1.65. The van der Waals surface area contributed by atoms with Crippen molar-refractivity contribution in [3.63, 3.8) is 0 Å². The van der Waals surface area contributed by atoms with Crippen molar-refractivity contribution in [2.75, 3.05) is 0 Å². The number of hydrogen-bond donors (Lipinski definition) is 3. The first-order valence-electron chi connectivity index (χ1n) is 6.32. The lowest BCUT2D eigenvalue weighted by molar-refractivity contribution is -0.139. The van der Waals surface area contributed by atoms with E-state index in [1.807, 2.05) is 44.2 Å². The van der Waals surface area contributed by atoms with Gasteiger partial charge >= 0.3 is 5.97 Å². The highest BCUT2D eigenvalue weighted by Crippen LogP contribution is 2.39. The highest BCUT2D eigenvalue weighted by atomic mass is 32.5. The van der Waals surface area contributed by atoms with Crippen LogP contribution in [-0.2, 0) is 27.7 Å². The van der Waals surface area contributed by atoms with E-state index in [-0.39, 0.29) is 12.5 Å². The van der Waals surface area contributed by atoms with Gasteiger partial charge in [0.2, 0.25) is 0 Å². The molecule has 2 atom stereocenters. The van der Waals surface area contributed by atoms with Crippen molar-refractivity contribution >= 4 is 24.4 Å². The summed E-state index contributed by atoms with van der Waals surface area (Å²) in [4.78, 5) is 21.2. The SMILES string of the molecule is CC(C)CC(NP(O)(=S)OCc1ccccc1)C(=O)O. The Hall–Kier alpha value is -0.780. The molecule has 0 saturated carbocycles. The first-order chi connectivity index (χ1) is 9.30. The Bertz CT molecular complexity index is 481. The third-order valence-corrected chi connectivity index (χ3v) is 4.32. The van der Waals surface area contributed by atoms with Gasteiger partial charge in [0.15, 0.2) is 0 Å². The summed E-state index contributed by atoms with van der Waals surface area (Å²) >= 11 is 4.96. The number of nitrogens with one attached hydrogen (secondary N) is 1. The molecule has 0 bridgehead atoms. The van der Waals surface area contributed by atoms with E-state index in [4.69, 9.17) is 21.4 Å². The highest BCUT2D eigenvalue weighted by molar-refractivity contribution is 8.08. The topological polar surface area (TPSA) is 78.8 Å². The number of rotatable bonds is 8. The maximum Gasteiger partial charge on any atom is 0.321 e. The van der Waals surface area contributed by atoms with Crippen molar-refractivity contribution in [2.45, 2.75) is 32.9 Å². The second kappa shape index (κ2) is 7.86. The molecule has 0 fully saturated rings. The zero-order valence-corrected chi connectivity index (χ0v) is 13.2. The van der Waals surface area contributed by atoms with Gasteiger partial charge in [-0.15, -0.1) is 0 Å². The number of carbonyl (C=O) groups is 1. The molecule has 3 N–H and O–H groups in total. The molecule has 0 aromatic heterocycles. The van der Waals surface area contributed by atoms with Crippen molar-refractivity contribution in [1.82, 2.24) is 5.09 Å². The second-order valence-electron chi connectivity index (χ2n) is 4.93. The monoisotopic (exact) mass is 317 g/mol. The highest BCUT2D eigenvalue weighted by Gasteiger charge is 2.26. The Morgan fingerprint density at radius 2 is 2.00 bits per heavy atom. The van der Waals surface area contributed by atoms with Crippen LogP contribution in [0.2, 0.25) is 0 Å². The lowest BCUT2D eigenvalue weighted by Crippen LogP contribution is -2.36. The number of carboxylic acid groups (broad SMARTS) is 1. The van der Waals surface area contributed by atoms with Crippen LogP contribution in [0.15, 0.2) is 30.3 Å². The van der Waals surface area contributed by atoms with Crippen molar-refractivity contribution in [3.05, 3.63) is 35.9 Å². The van der Waals surface area contributed by atoms with Crippen LogP contribution in [0.25, 0.3) is 0 Å². The van der Waals surface area contributed by atoms with E-state index in [2.05, 4.69) is 5.09 Å². The minimum atomic E-state index is -3.32. The third-order valence-electron chi connectivity index (χ3n) is 2.57. The molecule has 5 nitrogen and oxygen atoms in total. The van der Waals surface area contributed by atoms with Crippen LogP contribution in [0.5, 0.6) is 0 Å². The van der Waals surface area contributed by atoms with Crippen molar-refractivity contribution in [1.29, 1.82) is 0 Å². The third kappa shape index (κ3) is 6.59. The Kier molecular flexibility index (Phi) is 6.79. The van der Waals surface area contributed by atoms with Gasteiger partial charge < -0.3 is 14.5 Å². The van der Waals surface area contributed by atoms with Crippen molar-refractivity contribution < 1.29 is 19.3 Å². The molecule has 0 saturated heterocycles. The molecule has 20 heavy (non-hydrogen) atoms. The first kappa shape index (κ1) is 17.3. The Balaban J connectivity index is 2.58. The van der Waals surface area contributed by atoms with Crippen LogP contribution in [0.4, 0.5) is 0 Å². The molecule has 7 heteroatoms. The molecule has 0 aliphatic rings. The second-order valence-corrected chi connectivity index (χ2v) is 7.97. The summed E-state index contributed by atoms with van der Waals surface area (Å²) in [6, 6.07) is 8.37. The van der Waals surface area contributed by atoms with Gasteiger partial charge in [-0.25, -0.2) is 5.09 Å². The average Bonchev–Trinajstić information content (AvgIpc) is 2.36. The normalized spacial score (nSPS) is 15.8. The molecule has 0 aliphatic carbocycles. The average molecular weight is 317 g/mol. The van der Waals surface area contributed by atoms with Crippen LogP contribution in [-0.4, -0.2) is 22.0 Å². The van der Waals surface area contributed by atoms with Crippen LogP contribution < -0.4 is 5.09 Å². The van der Waals surface area contributed by atoms with Crippen molar-refractivity contribution in [2.24, 2.45) is 5.92 Å². The predicted molar refractivity (Wildman–Crippen MR) is 81.7 cm³/mol. The number of carboxylic acids is 1. The van der Waals surface area contributed by atoms with Crippen LogP contribution >= 0.6 is 6.64 Å². The van der Waals surface area contributed by atoms with Gasteiger partial charge in [0.25, 0.3) is 6.64 Å². The van der Waals surface area contributed by atoms with Gasteiger partial charge in [0.1, 0.15) is 6.04 Å². The summed E-state index contributed by atoms with van der Waals surface area (Å²) < 4.78 is 5.28. The van der Waals surface area contributed by atoms with Gasteiger partial charge in [0.05, 0.1) is 6.61 Å². The van der Waals surface area contributed by atoms with E-state index < -0.39 is 18.7 Å². The summed E-state index contributed by atoms with van der Waals surface area (Å²) in [7, 11) is 0. The lowest BCUT2D eigenvalue weighted by Gasteiger charge is -2.23. The summed E-state index contributed by atoms with van der Waals surface area (Å²) in [5.41, 5.74) is 0.869. The Labute approximate surface area is 124 Å². The molecule has 1 aromatic rings. The van der Waals surface area contributed by atoms with Gasteiger partial charge in [-0.2, -0.15) is 0 Å². The predicted octanol–water partition coefficient (Wildman–Crippen LogP) is 2.51. The maximum atomic E-state index is 11.1. The molecule has 1 aromatic carbocycles. The quantitative estimate of drug-likeness (QED) is 0.639. The molecule has 0 spiro atoms. The maximum absolute atomic E-state index is 11.1. The molecule has 0 heterocycles. The Morgan fingerprint density at radius 1 is 1.40 bits per heavy atom. The van der Waals surface area contributed by atoms with E-state index in [1.165, 1.54) is 0 Å². The zero-order valence-electron chi connectivity index (χ0n) is 11.5. The van der Waals surface area contributed by atoms with E-state index in [1.54, 1.807) is 0 Å². The molecule has 1 rings (SSSR count). The molecule has 112 valence electrons. The fourth-order valence-corrected chi connectivity index (χ4v) is 3.20. The minimum Gasteiger partial charge on any atom is -0.480 e. The summed E-state index contributed by atoms with van der Waals surface area (Å²) in [6.07, 6.45) is 0.378. The molecule has 0 amide bonds. The number of aliphatic carboxylic acids is 1. The molecule has 0 aliphatic heterocycles. The largest absolute Gasteiger partial charge is 0.480 e. The molecular weight excluding hydrogens is 297 g/mol. The van der Waals surface area contributed by atoms with E-state index in [9.17, 15) is 9.69 Å². The van der Waals surface area contributed by atoms with E-state index in [0.717, 1.165) is 5.56 Å². The van der Waals surface area contributed by atoms with Gasteiger partial charge in [-0.3, -0.25) is 4.79 Å². The Morgan fingerprint density at radius 3 is 2.50 bits per heavy atom. The number of benzene rings is 1. The number of hydrogen-bond acceptors (Lipinski definition) is 3. The summed E-state index contributed by atoms with van der Waals surface area (Å²) in [5.74, 6) is -0.863. The zero-order chi connectivity index (χ0) is 15.2. The van der Waals surface area contributed by atoms with Gasteiger partial charge in [-0.1, -0.05) is 44.2 Å². The van der Waals surface area contributed by atoms with E-state index in [0.29, 0.717) is 6.42 Å². The lowest BCUT2D eigenvalue weighted by atomic mass is 10.1. The summed E-state index contributed by atoms with van der Waals surface area (Å²) in [5, 5.41) is 11.7. The van der Waals surface area contributed by atoms with Crippen LogP contribution in [0, 0.1) is 5.92 Å². The fraction of sp³-hybridized carbons (Fsp3) is 0.462. The van der Waals surface area contributed by atoms with Crippen LogP contribution in [0.3, 0.4) is 0 Å². The van der Waals surface area contributed by atoms with Gasteiger partial charge in [-0.05, 0) is 29.7 Å². The van der Waals surface area contributed by atoms with E-state index >= 15 is 0 Å². The molecular formula is C13H20NO4PS. The van der Waals surface area contributed by atoms with Crippen molar-refractivity contribution in [3.8, 4) is 0 Å². The standard InChI is InChI=1S/C13H20NO4PS/c1-10(2)8-12(13(15)16)14-19(17,20)18-9-11-6-4-3-5-7-11/h3-7,10,12H,8-9H2,1-2H3,(H,15,16)(H2,14,17,20). The molecule has 0 radical (unpaired) electrons. The first-order valence-corrected chi connectivity index (χ1v) is 8.99. The smallest absolute Gasteiger partial charge is 0.321 e. The molecule has 2 unspecified atom stereocenters. The van der Waals surface area contributed by atoms with Crippen LogP contribution in [0.1, 0.15) is 25.8 Å². The van der Waals surface area contributed by atoms with Gasteiger partial charge in [0, 0.05) is 0 Å².